The first-order chi connectivity index (χ1) is 15.6. The molecule has 1 fully saturated rings. The van der Waals surface area contributed by atoms with Gasteiger partial charge < -0.3 is 0 Å². The number of hydrogen-bond acceptors (Lipinski definition) is 8. The molecular formula is C20H21N5O5S3. The number of aryl methyl sites for hydroxylation is 1. The summed E-state index contributed by atoms with van der Waals surface area (Å²) in [5.74, 6) is -0.429. The molecule has 2 heterocycles. The maximum Gasteiger partial charge on any atom is 0.291 e. The van der Waals surface area contributed by atoms with Crippen LogP contribution in [0.15, 0.2) is 57.8 Å². The summed E-state index contributed by atoms with van der Waals surface area (Å²) < 4.78 is 54.0. The van der Waals surface area contributed by atoms with E-state index in [1.807, 2.05) is 13.0 Å². The Kier molecular flexibility index (Phi) is 6.47. The van der Waals surface area contributed by atoms with Crippen LogP contribution in [0.1, 0.15) is 28.8 Å². The third-order valence-corrected chi connectivity index (χ3v) is 9.45. The van der Waals surface area contributed by atoms with Crippen LogP contribution in [0.2, 0.25) is 0 Å². The van der Waals surface area contributed by atoms with E-state index in [0.29, 0.717) is 30.0 Å². The Labute approximate surface area is 195 Å². The van der Waals surface area contributed by atoms with Crippen molar-refractivity contribution in [3.05, 3.63) is 59.7 Å². The van der Waals surface area contributed by atoms with Crippen LogP contribution in [0.25, 0.3) is 0 Å². The summed E-state index contributed by atoms with van der Waals surface area (Å²) in [6.45, 7) is 2.82. The predicted octanol–water partition coefficient (Wildman–Crippen LogP) is 2.68. The van der Waals surface area contributed by atoms with Crippen LogP contribution in [0.3, 0.4) is 0 Å². The number of nitrogens with one attached hydrogen (secondary N) is 2. The van der Waals surface area contributed by atoms with E-state index in [9.17, 15) is 21.6 Å². The van der Waals surface area contributed by atoms with E-state index in [1.54, 1.807) is 18.2 Å². The maximum absolute atomic E-state index is 12.7. The molecule has 0 bridgehead atoms. The number of anilines is 2. The molecule has 1 aliphatic heterocycles. The van der Waals surface area contributed by atoms with Crippen molar-refractivity contribution in [1.82, 2.24) is 14.5 Å². The van der Waals surface area contributed by atoms with Gasteiger partial charge in [-0.15, -0.1) is 10.2 Å². The van der Waals surface area contributed by atoms with Gasteiger partial charge in [0, 0.05) is 24.3 Å². The average Bonchev–Trinajstić information content (AvgIpc) is 3.47. The van der Waals surface area contributed by atoms with Gasteiger partial charge in [-0.3, -0.25) is 14.8 Å². The van der Waals surface area contributed by atoms with Gasteiger partial charge in [-0.05, 0) is 56.2 Å². The van der Waals surface area contributed by atoms with Crippen molar-refractivity contribution < 1.29 is 21.6 Å². The Morgan fingerprint density at radius 3 is 2.36 bits per heavy atom. The molecule has 33 heavy (non-hydrogen) atoms. The molecular weight excluding hydrogens is 486 g/mol. The highest BCUT2D eigenvalue weighted by molar-refractivity contribution is 7.94. The zero-order chi connectivity index (χ0) is 23.6. The molecule has 0 atom stereocenters. The van der Waals surface area contributed by atoms with Crippen LogP contribution in [0.5, 0.6) is 0 Å². The topological polar surface area (TPSA) is 138 Å². The first kappa shape index (κ1) is 23.3. The van der Waals surface area contributed by atoms with Gasteiger partial charge in [-0.2, -0.15) is 12.7 Å². The van der Waals surface area contributed by atoms with E-state index in [2.05, 4.69) is 20.2 Å². The highest BCUT2D eigenvalue weighted by Crippen LogP contribution is 2.25. The second kappa shape index (κ2) is 9.17. The lowest BCUT2D eigenvalue weighted by Gasteiger charge is -2.15. The summed E-state index contributed by atoms with van der Waals surface area (Å²) in [6, 6.07) is 12.4. The van der Waals surface area contributed by atoms with Crippen molar-refractivity contribution in [1.29, 1.82) is 0 Å². The van der Waals surface area contributed by atoms with Crippen LogP contribution >= 0.6 is 11.3 Å². The summed E-state index contributed by atoms with van der Waals surface area (Å²) in [5, 5.41) is 9.96. The minimum absolute atomic E-state index is 0.0361. The van der Waals surface area contributed by atoms with Gasteiger partial charge >= 0.3 is 0 Å². The molecule has 0 saturated carbocycles. The molecule has 0 spiro atoms. The summed E-state index contributed by atoms with van der Waals surface area (Å²) in [6.07, 6.45) is 1.65. The quantitative estimate of drug-likeness (QED) is 0.469. The third-order valence-electron chi connectivity index (χ3n) is 4.95. The van der Waals surface area contributed by atoms with Crippen LogP contribution in [0, 0.1) is 6.92 Å². The second-order valence-electron chi connectivity index (χ2n) is 7.44. The van der Waals surface area contributed by atoms with Crippen LogP contribution in [-0.2, 0) is 20.0 Å². The molecule has 0 unspecified atom stereocenters. The van der Waals surface area contributed by atoms with Crippen LogP contribution in [0.4, 0.5) is 10.8 Å². The Morgan fingerprint density at radius 2 is 1.70 bits per heavy atom. The second-order valence-corrected chi connectivity index (χ2v) is 12.2. The lowest BCUT2D eigenvalue weighted by atomic mass is 10.1. The Balaban J connectivity index is 1.45. The van der Waals surface area contributed by atoms with Gasteiger partial charge in [0.1, 0.15) is 0 Å². The molecule has 2 aromatic carbocycles. The molecule has 174 valence electrons. The fourth-order valence-corrected chi connectivity index (χ4v) is 6.77. The SMILES string of the molecule is Cc1cccc(C(=O)Nc2nnc(S(=O)(=O)Nc3ccc(S(=O)(=O)N4CCCC4)cc3)s2)c1. The fraction of sp³-hybridized carbons (Fsp3) is 0.250. The lowest BCUT2D eigenvalue weighted by molar-refractivity contribution is 0.102. The number of sulfonamides is 2. The predicted molar refractivity (Wildman–Crippen MR) is 124 cm³/mol. The largest absolute Gasteiger partial charge is 0.296 e. The molecule has 10 nitrogen and oxygen atoms in total. The van der Waals surface area contributed by atoms with Gasteiger partial charge in [-0.1, -0.05) is 29.0 Å². The molecule has 3 aromatic rings. The van der Waals surface area contributed by atoms with Crippen LogP contribution in [-0.4, -0.2) is 50.3 Å². The molecule has 4 rings (SSSR count). The van der Waals surface area contributed by atoms with Gasteiger partial charge in [0.05, 0.1) is 4.90 Å². The summed E-state index contributed by atoms with van der Waals surface area (Å²) in [5.41, 5.74) is 1.50. The van der Waals surface area contributed by atoms with Gasteiger partial charge in [0.15, 0.2) is 0 Å². The fourth-order valence-electron chi connectivity index (χ4n) is 3.30. The maximum atomic E-state index is 12.7. The zero-order valence-electron chi connectivity index (χ0n) is 17.6. The van der Waals surface area contributed by atoms with Crippen molar-refractivity contribution >= 4 is 48.1 Å². The smallest absolute Gasteiger partial charge is 0.291 e. The molecule has 1 saturated heterocycles. The van der Waals surface area contributed by atoms with E-state index >= 15 is 0 Å². The standard InChI is InChI=1S/C20H21N5O5S3/c1-14-5-4-6-15(13-14)18(26)21-19-22-23-20(31-19)32(27,28)24-16-7-9-17(10-8-16)33(29,30)25-11-2-3-12-25/h4-10,13,24H,2-3,11-12H2,1H3,(H,21,22,26). The molecule has 0 aliphatic carbocycles. The number of rotatable bonds is 7. The molecule has 13 heteroatoms. The summed E-state index contributed by atoms with van der Waals surface area (Å²) in [7, 11) is -7.67. The van der Waals surface area contributed by atoms with Crippen LogP contribution < -0.4 is 10.0 Å². The van der Waals surface area contributed by atoms with Gasteiger partial charge in [0.25, 0.3) is 20.3 Å². The lowest BCUT2D eigenvalue weighted by Crippen LogP contribution is -2.27. The number of amides is 1. The normalized spacial score (nSPS) is 14.8. The summed E-state index contributed by atoms with van der Waals surface area (Å²) in [4.78, 5) is 12.4. The number of carbonyl (C=O) groups excluding carboxylic acids is 1. The molecule has 1 aliphatic rings. The Morgan fingerprint density at radius 1 is 1.00 bits per heavy atom. The number of benzene rings is 2. The van der Waals surface area contributed by atoms with Crippen molar-refractivity contribution in [3.63, 3.8) is 0 Å². The van der Waals surface area contributed by atoms with Crippen molar-refractivity contribution in [2.75, 3.05) is 23.1 Å². The van der Waals surface area contributed by atoms with E-state index in [1.165, 1.54) is 28.6 Å². The highest BCUT2D eigenvalue weighted by Gasteiger charge is 2.27. The highest BCUT2D eigenvalue weighted by atomic mass is 32.2. The van der Waals surface area contributed by atoms with E-state index < -0.39 is 26.0 Å². The van der Waals surface area contributed by atoms with Crippen molar-refractivity contribution in [2.24, 2.45) is 0 Å². The van der Waals surface area contributed by atoms with Gasteiger partial charge in [-0.25, -0.2) is 8.42 Å². The van der Waals surface area contributed by atoms with Gasteiger partial charge in [0.2, 0.25) is 15.2 Å². The average molecular weight is 508 g/mol. The summed E-state index contributed by atoms with van der Waals surface area (Å²) >= 11 is 0.703. The molecule has 1 amide bonds. The Hall–Kier alpha value is -2.87. The zero-order valence-corrected chi connectivity index (χ0v) is 20.0. The third kappa shape index (κ3) is 5.21. The monoisotopic (exact) mass is 507 g/mol. The number of nitrogens with zero attached hydrogens (tertiary/aromatic N) is 3. The minimum Gasteiger partial charge on any atom is -0.296 e. The molecule has 0 radical (unpaired) electrons. The van der Waals surface area contributed by atoms with E-state index in [4.69, 9.17) is 0 Å². The van der Waals surface area contributed by atoms with E-state index in [-0.39, 0.29) is 20.1 Å². The number of aromatic nitrogens is 2. The number of hydrogen-bond donors (Lipinski definition) is 2. The number of carbonyl (C=O) groups is 1. The molecule has 1 aromatic heterocycles. The first-order valence-electron chi connectivity index (χ1n) is 10.00. The molecule has 2 N–H and O–H groups in total. The van der Waals surface area contributed by atoms with Crippen molar-refractivity contribution in [2.45, 2.75) is 29.0 Å². The van der Waals surface area contributed by atoms with Crippen molar-refractivity contribution in [3.8, 4) is 0 Å². The Bertz CT molecular complexity index is 1380. The van der Waals surface area contributed by atoms with E-state index in [0.717, 1.165) is 18.4 Å². The first-order valence-corrected chi connectivity index (χ1v) is 13.7. The minimum atomic E-state index is -4.08.